The lowest BCUT2D eigenvalue weighted by atomic mass is 10.1. The Morgan fingerprint density at radius 2 is 1.93 bits per heavy atom. The molecule has 0 aliphatic rings. The lowest BCUT2D eigenvalue weighted by molar-refractivity contribution is -0.166. The summed E-state index contributed by atoms with van der Waals surface area (Å²) in [6, 6.07) is 3.42. The number of benzene rings is 1. The minimum absolute atomic E-state index is 0.106. The Morgan fingerprint density at radius 3 is 2.43 bits per heavy atom. The van der Waals surface area contributed by atoms with E-state index in [0.29, 0.717) is 0 Å². The van der Waals surface area contributed by atoms with Gasteiger partial charge in [0, 0.05) is 0 Å². The third-order valence-corrected chi connectivity index (χ3v) is 2.38. The van der Waals surface area contributed by atoms with Crippen molar-refractivity contribution in [1.29, 1.82) is 0 Å². The molecule has 0 saturated heterocycles. The van der Waals surface area contributed by atoms with Crippen molar-refractivity contribution >= 4 is 29.2 Å². The van der Waals surface area contributed by atoms with Crippen molar-refractivity contribution in [2.45, 2.75) is 5.92 Å². The zero-order valence-electron chi connectivity index (χ0n) is 6.60. The molecule has 0 aromatic heterocycles. The second-order valence-electron chi connectivity index (χ2n) is 2.48. The number of carboxylic acid groups (broad SMARTS) is 1. The van der Waals surface area contributed by atoms with E-state index in [1.54, 1.807) is 0 Å². The Balaban J connectivity index is 3.33. The van der Waals surface area contributed by atoms with Crippen molar-refractivity contribution < 1.29 is 18.7 Å². The third kappa shape index (κ3) is 1.81. The van der Waals surface area contributed by atoms with Gasteiger partial charge in [0.2, 0.25) is 0 Å². The lowest BCUT2D eigenvalue weighted by Crippen LogP contribution is -2.25. The van der Waals surface area contributed by atoms with Gasteiger partial charge in [-0.25, -0.2) is 4.79 Å². The normalized spacial score (nSPS) is 11.4. The zero-order chi connectivity index (χ0) is 10.9. The standard InChI is InChI=1S/C8H4Cl2F2O2/c9-5-3-1-2-4(6(5)10)8(11,12)7(13)14/h1-3H,(H,13,14). The zero-order valence-corrected chi connectivity index (χ0v) is 8.11. The van der Waals surface area contributed by atoms with Crippen LogP contribution in [0.25, 0.3) is 0 Å². The molecule has 0 unspecified atom stereocenters. The maximum atomic E-state index is 13.0. The summed E-state index contributed by atoms with van der Waals surface area (Å²) in [7, 11) is 0. The molecule has 0 atom stereocenters. The number of aliphatic carboxylic acids is 1. The van der Waals surface area contributed by atoms with Crippen LogP contribution < -0.4 is 0 Å². The SMILES string of the molecule is O=C(O)C(F)(F)c1cccc(Cl)c1Cl. The first-order valence-corrected chi connectivity index (χ1v) is 4.18. The summed E-state index contributed by atoms with van der Waals surface area (Å²) in [6.45, 7) is 0. The molecule has 0 amide bonds. The van der Waals surface area contributed by atoms with Gasteiger partial charge in [-0.05, 0) is 6.07 Å². The Kier molecular flexibility index (Phi) is 2.97. The van der Waals surface area contributed by atoms with Gasteiger partial charge in [0.25, 0.3) is 0 Å². The maximum Gasteiger partial charge on any atom is 0.379 e. The van der Waals surface area contributed by atoms with Crippen LogP contribution in [0.4, 0.5) is 8.78 Å². The number of carboxylic acids is 1. The minimum atomic E-state index is -4.03. The highest BCUT2D eigenvalue weighted by atomic mass is 35.5. The maximum absolute atomic E-state index is 13.0. The number of alkyl halides is 2. The molecule has 0 aliphatic heterocycles. The van der Waals surface area contributed by atoms with Gasteiger partial charge in [0.15, 0.2) is 0 Å². The van der Waals surface area contributed by atoms with Crippen molar-refractivity contribution in [1.82, 2.24) is 0 Å². The van der Waals surface area contributed by atoms with E-state index in [0.717, 1.165) is 6.07 Å². The smallest absolute Gasteiger partial charge is 0.379 e. The summed E-state index contributed by atoms with van der Waals surface area (Å²) in [5.41, 5.74) is -0.806. The number of hydrogen-bond donors (Lipinski definition) is 1. The van der Waals surface area contributed by atoms with E-state index < -0.39 is 22.5 Å². The van der Waals surface area contributed by atoms with Crippen LogP contribution in [0, 0.1) is 0 Å². The van der Waals surface area contributed by atoms with E-state index in [9.17, 15) is 13.6 Å². The Hall–Kier alpha value is -0.870. The molecular weight excluding hydrogens is 237 g/mol. The monoisotopic (exact) mass is 240 g/mol. The molecule has 6 heteroatoms. The quantitative estimate of drug-likeness (QED) is 0.863. The van der Waals surface area contributed by atoms with E-state index in [-0.39, 0.29) is 5.02 Å². The Morgan fingerprint density at radius 1 is 1.36 bits per heavy atom. The van der Waals surface area contributed by atoms with Crippen LogP contribution in [-0.2, 0) is 10.7 Å². The summed E-state index contributed by atoms with van der Waals surface area (Å²) in [6.07, 6.45) is 0. The molecule has 14 heavy (non-hydrogen) atoms. The topological polar surface area (TPSA) is 37.3 Å². The second-order valence-corrected chi connectivity index (χ2v) is 3.27. The number of rotatable bonds is 2. The van der Waals surface area contributed by atoms with Crippen molar-refractivity contribution in [2.75, 3.05) is 0 Å². The molecule has 0 radical (unpaired) electrons. The summed E-state index contributed by atoms with van der Waals surface area (Å²) >= 11 is 10.9. The number of carbonyl (C=O) groups is 1. The summed E-state index contributed by atoms with van der Waals surface area (Å²) in [4.78, 5) is 10.2. The average Bonchev–Trinajstić information content (AvgIpc) is 2.09. The molecule has 1 aromatic carbocycles. The van der Waals surface area contributed by atoms with Crippen molar-refractivity contribution in [3.05, 3.63) is 33.8 Å². The summed E-state index contributed by atoms with van der Waals surface area (Å²) in [5, 5.41) is 7.71. The van der Waals surface area contributed by atoms with Crippen LogP contribution in [0.5, 0.6) is 0 Å². The molecule has 0 fully saturated rings. The number of halogens is 4. The van der Waals surface area contributed by atoms with Gasteiger partial charge in [-0.2, -0.15) is 8.78 Å². The fourth-order valence-corrected chi connectivity index (χ4v) is 1.28. The highest BCUT2D eigenvalue weighted by Crippen LogP contribution is 2.36. The number of hydrogen-bond acceptors (Lipinski definition) is 1. The van der Waals surface area contributed by atoms with Crippen LogP contribution in [0.2, 0.25) is 10.0 Å². The van der Waals surface area contributed by atoms with Crippen LogP contribution in [0.15, 0.2) is 18.2 Å². The Bertz CT molecular complexity index is 380. The lowest BCUT2D eigenvalue weighted by Gasteiger charge is -2.13. The van der Waals surface area contributed by atoms with Crippen LogP contribution in [-0.4, -0.2) is 11.1 Å². The highest BCUT2D eigenvalue weighted by Gasteiger charge is 2.43. The van der Waals surface area contributed by atoms with E-state index in [2.05, 4.69) is 0 Å². The highest BCUT2D eigenvalue weighted by molar-refractivity contribution is 6.42. The van der Waals surface area contributed by atoms with Crippen molar-refractivity contribution in [3.63, 3.8) is 0 Å². The molecule has 0 spiro atoms. The average molecular weight is 241 g/mol. The predicted molar refractivity (Wildman–Crippen MR) is 48.0 cm³/mol. The fourth-order valence-electron chi connectivity index (χ4n) is 0.861. The predicted octanol–water partition coefficient (Wildman–Crippen LogP) is 3.17. The third-order valence-electron chi connectivity index (χ3n) is 1.56. The summed E-state index contributed by atoms with van der Waals surface area (Å²) < 4.78 is 26.0. The summed E-state index contributed by atoms with van der Waals surface area (Å²) in [5.74, 6) is -6.29. The Labute approximate surface area is 88.1 Å². The van der Waals surface area contributed by atoms with Gasteiger partial charge >= 0.3 is 11.9 Å². The van der Waals surface area contributed by atoms with Crippen LogP contribution in [0.1, 0.15) is 5.56 Å². The molecule has 0 saturated carbocycles. The van der Waals surface area contributed by atoms with Crippen LogP contribution in [0.3, 0.4) is 0 Å². The molecule has 0 heterocycles. The van der Waals surface area contributed by atoms with E-state index in [4.69, 9.17) is 28.3 Å². The van der Waals surface area contributed by atoms with Crippen molar-refractivity contribution in [3.8, 4) is 0 Å². The molecule has 0 aliphatic carbocycles. The van der Waals surface area contributed by atoms with Gasteiger partial charge in [0.05, 0.1) is 15.6 Å². The van der Waals surface area contributed by atoms with Crippen molar-refractivity contribution in [2.24, 2.45) is 0 Å². The van der Waals surface area contributed by atoms with Gasteiger partial charge in [-0.3, -0.25) is 0 Å². The van der Waals surface area contributed by atoms with E-state index in [1.165, 1.54) is 12.1 Å². The van der Waals surface area contributed by atoms with Gasteiger partial charge in [0.1, 0.15) is 0 Å². The molecule has 2 nitrogen and oxygen atoms in total. The fraction of sp³-hybridized carbons (Fsp3) is 0.125. The second kappa shape index (κ2) is 3.71. The first kappa shape index (κ1) is 11.2. The minimum Gasteiger partial charge on any atom is -0.477 e. The molecule has 0 bridgehead atoms. The molecule has 76 valence electrons. The van der Waals surface area contributed by atoms with E-state index >= 15 is 0 Å². The van der Waals surface area contributed by atoms with Gasteiger partial charge in [-0.15, -0.1) is 0 Å². The first-order valence-electron chi connectivity index (χ1n) is 3.43. The van der Waals surface area contributed by atoms with Gasteiger partial charge < -0.3 is 5.11 Å². The molecule has 1 aromatic rings. The molecule has 1 rings (SSSR count). The van der Waals surface area contributed by atoms with Gasteiger partial charge in [-0.1, -0.05) is 35.3 Å². The van der Waals surface area contributed by atoms with E-state index in [1.807, 2.05) is 0 Å². The molecule has 1 N–H and O–H groups in total. The first-order chi connectivity index (χ1) is 6.37. The largest absolute Gasteiger partial charge is 0.477 e. The van der Waals surface area contributed by atoms with Crippen LogP contribution >= 0.6 is 23.2 Å². The molecular formula is C8H4Cl2F2O2.